The summed E-state index contributed by atoms with van der Waals surface area (Å²) in [5.41, 5.74) is 0. The Morgan fingerprint density at radius 2 is 0.892 bits per heavy atom. The molecule has 1 rings (SSSR count). The molecule has 0 radical (unpaired) electrons. The first kappa shape index (κ1) is 59.9. The molecule has 1 aromatic rings. The number of unbranched alkanes of at least 4 members (excludes halogenated alkanes) is 25. The molecule has 0 N–H and O–H groups in total. The molecule has 0 aliphatic rings. The molecule has 0 aliphatic heterocycles. The van der Waals surface area contributed by atoms with Crippen molar-refractivity contribution in [1.29, 1.82) is 0 Å². The number of aromatic nitrogens is 2. The average molecular weight is 920 g/mol. The van der Waals surface area contributed by atoms with Crippen molar-refractivity contribution >= 4 is 23.6 Å². The minimum atomic E-state index is -0.697. The number of rotatable bonds is 48. The maximum atomic E-state index is 12.8. The van der Waals surface area contributed by atoms with E-state index in [1.165, 1.54) is 96.3 Å². The first-order valence-electron chi connectivity index (χ1n) is 27.1. The zero-order chi connectivity index (χ0) is 47.6. The summed E-state index contributed by atoms with van der Waals surface area (Å²) >= 11 is 0. The van der Waals surface area contributed by atoms with E-state index in [9.17, 15) is 29.8 Å². The third-order valence-electron chi connectivity index (χ3n) is 12.9. The summed E-state index contributed by atoms with van der Waals surface area (Å²) in [6.45, 7) is 11.6. The predicted molar refractivity (Wildman–Crippen MR) is 265 cm³/mol. The third-order valence-corrected chi connectivity index (χ3v) is 12.9. The molecule has 1 unspecified atom stereocenters. The van der Waals surface area contributed by atoms with Gasteiger partial charge in [-0.1, -0.05) is 175 Å². The van der Waals surface area contributed by atoms with Crippen LogP contribution in [0.15, 0.2) is 6.07 Å². The van der Waals surface area contributed by atoms with Gasteiger partial charge in [-0.2, -0.15) is 0 Å². The lowest BCUT2D eigenvalue weighted by atomic mass is 10.0. The van der Waals surface area contributed by atoms with E-state index < -0.39 is 15.7 Å². The van der Waals surface area contributed by atoms with Crippen LogP contribution in [-0.2, 0) is 25.6 Å². The van der Waals surface area contributed by atoms with E-state index in [4.69, 9.17) is 9.47 Å². The van der Waals surface area contributed by atoms with E-state index in [0.29, 0.717) is 19.3 Å². The van der Waals surface area contributed by atoms with Crippen LogP contribution >= 0.6 is 0 Å². The van der Waals surface area contributed by atoms with Crippen LogP contribution < -0.4 is 0 Å². The van der Waals surface area contributed by atoms with Gasteiger partial charge in [-0.15, -0.1) is 0 Å². The lowest BCUT2D eigenvalue weighted by molar-refractivity contribution is -0.395. The molecule has 65 heavy (non-hydrogen) atoms. The molecule has 0 bridgehead atoms. The standard InChI is InChI=1S/C52H97N5O8/c1-5-9-12-15-22-29-37-47(8-4)64-51(58)40-33-26-21-28-35-43-54(44-36-45-55-50(57(62)63)46-49(53-55)56(60)61)42-34-27-20-18-19-25-32-41-52(59)65-48(38-30-23-16-13-10-6-2)39-31-24-17-14-11-7-3/h46-48H,5-45H2,1-4H3. The fourth-order valence-corrected chi connectivity index (χ4v) is 8.75. The molecular formula is C52H97N5O8. The van der Waals surface area contributed by atoms with E-state index in [-0.39, 0.29) is 36.5 Å². The molecule has 0 saturated carbocycles. The van der Waals surface area contributed by atoms with Crippen molar-refractivity contribution in [2.45, 2.75) is 284 Å². The Labute approximate surface area is 396 Å². The van der Waals surface area contributed by atoms with Gasteiger partial charge in [0.05, 0.1) is 0 Å². The fraction of sp³-hybridized carbons (Fsp3) is 0.904. The van der Waals surface area contributed by atoms with Gasteiger partial charge in [-0.25, -0.2) is 0 Å². The first-order chi connectivity index (χ1) is 31.6. The second kappa shape index (κ2) is 42.3. The summed E-state index contributed by atoms with van der Waals surface area (Å²) in [6.07, 6.45) is 40.5. The van der Waals surface area contributed by atoms with Crippen molar-refractivity contribution in [1.82, 2.24) is 14.7 Å². The molecule has 0 fully saturated rings. The minimum Gasteiger partial charge on any atom is -0.462 e. The Morgan fingerprint density at radius 1 is 0.523 bits per heavy atom. The summed E-state index contributed by atoms with van der Waals surface area (Å²) in [5, 5.41) is 26.6. The van der Waals surface area contributed by atoms with Crippen molar-refractivity contribution in [3.05, 3.63) is 26.3 Å². The number of ether oxygens (including phenoxy) is 2. The van der Waals surface area contributed by atoms with Gasteiger partial charge in [0.1, 0.15) is 29.9 Å². The molecule has 0 amide bonds. The molecule has 1 atom stereocenters. The second-order valence-electron chi connectivity index (χ2n) is 18.8. The van der Waals surface area contributed by atoms with E-state index >= 15 is 0 Å². The van der Waals surface area contributed by atoms with E-state index in [1.807, 2.05) is 0 Å². The Bertz CT molecular complexity index is 1310. The number of carbonyl (C=O) groups excluding carboxylic acids is 2. The number of esters is 2. The zero-order valence-electron chi connectivity index (χ0n) is 42.2. The maximum Gasteiger partial charge on any atom is 0.420 e. The van der Waals surface area contributed by atoms with Crippen molar-refractivity contribution in [3.63, 3.8) is 0 Å². The topological polar surface area (TPSA) is 160 Å². The third kappa shape index (κ3) is 33.9. The molecule has 13 heteroatoms. The Kier molecular flexibility index (Phi) is 39.0. The summed E-state index contributed by atoms with van der Waals surface area (Å²) in [4.78, 5) is 49.2. The molecule has 0 saturated heterocycles. The van der Waals surface area contributed by atoms with E-state index in [0.717, 1.165) is 152 Å². The van der Waals surface area contributed by atoms with Gasteiger partial charge in [-0.05, 0) is 98.2 Å². The highest BCUT2D eigenvalue weighted by Crippen LogP contribution is 2.21. The maximum absolute atomic E-state index is 12.8. The van der Waals surface area contributed by atoms with Crippen LogP contribution in [0.1, 0.15) is 265 Å². The number of nitro groups is 2. The summed E-state index contributed by atoms with van der Waals surface area (Å²) in [5.74, 6) is -0.959. The van der Waals surface area contributed by atoms with Gasteiger partial charge in [-0.3, -0.25) is 9.59 Å². The molecule has 0 aliphatic carbocycles. The predicted octanol–water partition coefficient (Wildman–Crippen LogP) is 15.3. The number of hydrogen-bond acceptors (Lipinski definition) is 10. The summed E-state index contributed by atoms with van der Waals surface area (Å²) in [7, 11) is 0. The Balaban J connectivity index is 2.45. The van der Waals surface area contributed by atoms with Crippen LogP contribution in [0.25, 0.3) is 0 Å². The van der Waals surface area contributed by atoms with Crippen molar-refractivity contribution in [2.24, 2.45) is 0 Å². The second-order valence-corrected chi connectivity index (χ2v) is 18.8. The van der Waals surface area contributed by atoms with Crippen LogP contribution in [0.3, 0.4) is 0 Å². The molecule has 0 spiro atoms. The van der Waals surface area contributed by atoms with Gasteiger partial charge in [0.15, 0.2) is 0 Å². The molecule has 1 aromatic heterocycles. The molecular weight excluding hydrogens is 823 g/mol. The van der Waals surface area contributed by atoms with Gasteiger partial charge in [0.25, 0.3) is 0 Å². The van der Waals surface area contributed by atoms with Crippen molar-refractivity contribution in [3.8, 4) is 0 Å². The number of aryl methyl sites for hydroxylation is 1. The first-order valence-corrected chi connectivity index (χ1v) is 27.1. The highest BCUT2D eigenvalue weighted by atomic mass is 16.6. The minimum absolute atomic E-state index is 0.0217. The highest BCUT2D eigenvalue weighted by Gasteiger charge is 2.27. The highest BCUT2D eigenvalue weighted by molar-refractivity contribution is 5.69. The van der Waals surface area contributed by atoms with Crippen LogP contribution in [0, 0.1) is 20.2 Å². The van der Waals surface area contributed by atoms with Crippen LogP contribution in [0.4, 0.5) is 11.6 Å². The summed E-state index contributed by atoms with van der Waals surface area (Å²) < 4.78 is 13.0. The molecule has 378 valence electrons. The van der Waals surface area contributed by atoms with Crippen LogP contribution in [0.2, 0.25) is 0 Å². The molecule has 1 heterocycles. The van der Waals surface area contributed by atoms with Crippen LogP contribution in [-0.4, -0.2) is 68.3 Å². The number of hydrogen-bond donors (Lipinski definition) is 0. The fourth-order valence-electron chi connectivity index (χ4n) is 8.75. The monoisotopic (exact) mass is 920 g/mol. The quantitative estimate of drug-likeness (QED) is 0.0266. The van der Waals surface area contributed by atoms with E-state index in [1.54, 1.807) is 0 Å². The van der Waals surface area contributed by atoms with Gasteiger partial charge >= 0.3 is 23.6 Å². The van der Waals surface area contributed by atoms with E-state index in [2.05, 4.69) is 37.7 Å². The molecule has 13 nitrogen and oxygen atoms in total. The van der Waals surface area contributed by atoms with Gasteiger partial charge < -0.3 is 34.6 Å². The normalized spacial score (nSPS) is 12.0. The van der Waals surface area contributed by atoms with Crippen molar-refractivity contribution in [2.75, 3.05) is 19.6 Å². The SMILES string of the molecule is CCCCCCCCC(CC)OC(=O)CCCCCCCN(CCCCCCCCCC(=O)OC(CCCCCCCC)CCCCCCCC)CCCn1nc([N+](=O)[O-])cc1[N+](=O)[O-]. The lowest BCUT2D eigenvalue weighted by Crippen LogP contribution is -2.28. The summed E-state index contributed by atoms with van der Waals surface area (Å²) in [6, 6.07) is 0.924. The van der Waals surface area contributed by atoms with Gasteiger partial charge in [0.2, 0.25) is 0 Å². The smallest absolute Gasteiger partial charge is 0.420 e. The lowest BCUT2D eigenvalue weighted by Gasteiger charge is -2.22. The number of carbonyl (C=O) groups is 2. The Morgan fingerprint density at radius 3 is 1.31 bits per heavy atom. The van der Waals surface area contributed by atoms with Gasteiger partial charge in [0, 0.05) is 25.8 Å². The number of nitrogens with zero attached hydrogens (tertiary/aromatic N) is 5. The zero-order valence-corrected chi connectivity index (χ0v) is 42.2. The Hall–Kier alpha value is -3.09. The van der Waals surface area contributed by atoms with Crippen LogP contribution in [0.5, 0.6) is 0 Å². The largest absolute Gasteiger partial charge is 0.462 e. The van der Waals surface area contributed by atoms with Crippen molar-refractivity contribution < 1.29 is 28.9 Å². The molecule has 0 aromatic carbocycles. The average Bonchev–Trinajstić information content (AvgIpc) is 3.73.